The third kappa shape index (κ3) is 5.30. The number of rotatable bonds is 8. The third-order valence-electron chi connectivity index (χ3n) is 4.54. The SMILES string of the molecule is CCN(Cc1cccs1)C(=O)C(Cc1ccccc1)NC(=O)c1ccccc1. The van der Waals surface area contributed by atoms with E-state index >= 15 is 0 Å². The molecule has 4 nitrogen and oxygen atoms in total. The van der Waals surface area contributed by atoms with Gasteiger partial charge in [-0.15, -0.1) is 11.3 Å². The van der Waals surface area contributed by atoms with Crippen LogP contribution in [0.2, 0.25) is 0 Å². The van der Waals surface area contributed by atoms with Crippen molar-refractivity contribution >= 4 is 23.2 Å². The van der Waals surface area contributed by atoms with Crippen molar-refractivity contribution in [3.8, 4) is 0 Å². The first kappa shape index (κ1) is 19.8. The second-order valence-corrected chi connectivity index (χ2v) is 7.55. The summed E-state index contributed by atoms with van der Waals surface area (Å²) in [5.74, 6) is -0.300. The van der Waals surface area contributed by atoms with Crippen molar-refractivity contribution in [1.29, 1.82) is 0 Å². The van der Waals surface area contributed by atoms with Gasteiger partial charge in [0.25, 0.3) is 5.91 Å². The van der Waals surface area contributed by atoms with Gasteiger partial charge in [0, 0.05) is 23.4 Å². The van der Waals surface area contributed by atoms with E-state index in [1.807, 2.05) is 73.0 Å². The van der Waals surface area contributed by atoms with E-state index in [1.165, 1.54) is 0 Å². The Hall–Kier alpha value is -2.92. The van der Waals surface area contributed by atoms with Crippen LogP contribution in [0.5, 0.6) is 0 Å². The zero-order valence-corrected chi connectivity index (χ0v) is 16.7. The Bertz CT molecular complexity index is 879. The number of hydrogen-bond acceptors (Lipinski definition) is 3. The lowest BCUT2D eigenvalue weighted by Crippen LogP contribution is -2.49. The molecule has 0 radical (unpaired) electrons. The lowest BCUT2D eigenvalue weighted by atomic mass is 10.0. The number of carbonyl (C=O) groups excluding carboxylic acids is 2. The molecule has 3 aromatic rings. The normalized spacial score (nSPS) is 11.6. The highest BCUT2D eigenvalue weighted by Gasteiger charge is 2.26. The molecule has 1 aromatic heterocycles. The van der Waals surface area contributed by atoms with Gasteiger partial charge in [-0.3, -0.25) is 9.59 Å². The maximum Gasteiger partial charge on any atom is 0.251 e. The molecular weight excluding hydrogens is 368 g/mol. The summed E-state index contributed by atoms with van der Waals surface area (Å²) in [7, 11) is 0. The fourth-order valence-electron chi connectivity index (χ4n) is 3.04. The smallest absolute Gasteiger partial charge is 0.251 e. The number of carbonyl (C=O) groups is 2. The zero-order chi connectivity index (χ0) is 19.8. The van der Waals surface area contributed by atoms with E-state index in [0.29, 0.717) is 25.1 Å². The summed E-state index contributed by atoms with van der Waals surface area (Å²) in [5, 5.41) is 4.96. The van der Waals surface area contributed by atoms with Gasteiger partial charge in [-0.25, -0.2) is 0 Å². The molecule has 0 saturated heterocycles. The van der Waals surface area contributed by atoms with Gasteiger partial charge < -0.3 is 10.2 Å². The fourth-order valence-corrected chi connectivity index (χ4v) is 3.76. The lowest BCUT2D eigenvalue weighted by Gasteiger charge is -2.27. The molecule has 0 spiro atoms. The minimum absolute atomic E-state index is 0.0657. The van der Waals surface area contributed by atoms with Gasteiger partial charge in [0.15, 0.2) is 0 Å². The average Bonchev–Trinajstić information content (AvgIpc) is 3.25. The minimum atomic E-state index is -0.616. The summed E-state index contributed by atoms with van der Waals surface area (Å²) in [6, 6.07) is 22.2. The number of thiophene rings is 1. The number of nitrogens with zero attached hydrogens (tertiary/aromatic N) is 1. The van der Waals surface area contributed by atoms with Crippen molar-refractivity contribution in [2.75, 3.05) is 6.54 Å². The first-order chi connectivity index (χ1) is 13.7. The van der Waals surface area contributed by atoms with Crippen molar-refractivity contribution in [3.63, 3.8) is 0 Å². The Morgan fingerprint density at radius 1 is 0.964 bits per heavy atom. The second kappa shape index (κ2) is 9.85. The number of benzene rings is 2. The molecule has 1 N–H and O–H groups in total. The summed E-state index contributed by atoms with van der Waals surface area (Å²) >= 11 is 1.63. The number of nitrogens with one attached hydrogen (secondary N) is 1. The summed E-state index contributed by atoms with van der Waals surface area (Å²) in [6.07, 6.45) is 0.458. The summed E-state index contributed by atoms with van der Waals surface area (Å²) in [6.45, 7) is 3.10. The first-order valence-corrected chi connectivity index (χ1v) is 10.3. The van der Waals surface area contributed by atoms with Crippen LogP contribution in [0.15, 0.2) is 78.2 Å². The molecule has 0 fully saturated rings. The van der Waals surface area contributed by atoms with E-state index < -0.39 is 6.04 Å². The Labute approximate surface area is 169 Å². The summed E-state index contributed by atoms with van der Waals surface area (Å²) < 4.78 is 0. The Kier molecular flexibility index (Phi) is 6.98. The highest BCUT2D eigenvalue weighted by atomic mass is 32.1. The van der Waals surface area contributed by atoms with Gasteiger partial charge in [0.1, 0.15) is 6.04 Å². The molecule has 0 aliphatic heterocycles. The van der Waals surface area contributed by atoms with Crippen LogP contribution < -0.4 is 5.32 Å². The minimum Gasteiger partial charge on any atom is -0.340 e. The average molecular weight is 393 g/mol. The fraction of sp³-hybridized carbons (Fsp3) is 0.217. The molecule has 2 aromatic carbocycles. The molecule has 0 aliphatic carbocycles. The van der Waals surface area contributed by atoms with E-state index in [9.17, 15) is 9.59 Å². The Morgan fingerprint density at radius 3 is 2.25 bits per heavy atom. The quantitative estimate of drug-likeness (QED) is 0.626. The topological polar surface area (TPSA) is 49.4 Å². The molecule has 28 heavy (non-hydrogen) atoms. The van der Waals surface area contributed by atoms with Gasteiger partial charge in [0.2, 0.25) is 5.91 Å². The maximum absolute atomic E-state index is 13.3. The highest BCUT2D eigenvalue weighted by Crippen LogP contribution is 2.14. The highest BCUT2D eigenvalue weighted by molar-refractivity contribution is 7.09. The molecule has 1 unspecified atom stereocenters. The third-order valence-corrected chi connectivity index (χ3v) is 5.40. The van der Waals surface area contributed by atoms with E-state index in [0.717, 1.165) is 10.4 Å². The largest absolute Gasteiger partial charge is 0.340 e. The van der Waals surface area contributed by atoms with Gasteiger partial charge in [-0.1, -0.05) is 54.6 Å². The Balaban J connectivity index is 1.79. The monoisotopic (exact) mass is 392 g/mol. The van der Waals surface area contributed by atoms with Crippen LogP contribution in [-0.4, -0.2) is 29.3 Å². The van der Waals surface area contributed by atoms with Crippen LogP contribution in [0.25, 0.3) is 0 Å². The molecular formula is C23H24N2O2S. The predicted molar refractivity (Wildman–Crippen MR) is 113 cm³/mol. The predicted octanol–water partition coefficient (Wildman–Crippen LogP) is 4.14. The van der Waals surface area contributed by atoms with Crippen LogP contribution in [0.1, 0.15) is 27.7 Å². The van der Waals surface area contributed by atoms with Crippen molar-refractivity contribution in [2.45, 2.75) is 25.9 Å². The van der Waals surface area contributed by atoms with Crippen molar-refractivity contribution in [3.05, 3.63) is 94.2 Å². The molecule has 5 heteroatoms. The van der Waals surface area contributed by atoms with E-state index in [1.54, 1.807) is 28.4 Å². The summed E-state index contributed by atoms with van der Waals surface area (Å²) in [4.78, 5) is 28.9. The van der Waals surface area contributed by atoms with E-state index in [2.05, 4.69) is 5.32 Å². The molecule has 0 saturated carbocycles. The van der Waals surface area contributed by atoms with Crippen LogP contribution >= 0.6 is 11.3 Å². The maximum atomic E-state index is 13.3. The van der Waals surface area contributed by atoms with Crippen molar-refractivity contribution in [2.24, 2.45) is 0 Å². The molecule has 1 atom stereocenters. The van der Waals surface area contributed by atoms with Crippen LogP contribution in [0.3, 0.4) is 0 Å². The van der Waals surface area contributed by atoms with E-state index in [-0.39, 0.29) is 11.8 Å². The van der Waals surface area contributed by atoms with E-state index in [4.69, 9.17) is 0 Å². The van der Waals surface area contributed by atoms with Gasteiger partial charge >= 0.3 is 0 Å². The summed E-state index contributed by atoms with van der Waals surface area (Å²) in [5.41, 5.74) is 1.57. The molecule has 144 valence electrons. The van der Waals surface area contributed by atoms with Crippen molar-refractivity contribution < 1.29 is 9.59 Å². The molecule has 1 heterocycles. The standard InChI is InChI=1S/C23H24N2O2S/c1-2-25(17-20-14-9-15-28-20)23(27)21(16-18-10-5-3-6-11-18)24-22(26)19-12-7-4-8-13-19/h3-15,21H,2,16-17H2,1H3,(H,24,26). The Morgan fingerprint density at radius 2 is 1.64 bits per heavy atom. The van der Waals surface area contributed by atoms with Crippen LogP contribution in [-0.2, 0) is 17.8 Å². The zero-order valence-electron chi connectivity index (χ0n) is 15.9. The second-order valence-electron chi connectivity index (χ2n) is 6.51. The van der Waals surface area contributed by atoms with Crippen LogP contribution in [0.4, 0.5) is 0 Å². The number of hydrogen-bond donors (Lipinski definition) is 1. The van der Waals surface area contributed by atoms with Crippen molar-refractivity contribution in [1.82, 2.24) is 10.2 Å². The molecule has 3 rings (SSSR count). The molecule has 2 amide bonds. The molecule has 0 aliphatic rings. The lowest BCUT2D eigenvalue weighted by molar-refractivity contribution is -0.133. The van der Waals surface area contributed by atoms with Crippen LogP contribution in [0, 0.1) is 0 Å². The van der Waals surface area contributed by atoms with Gasteiger partial charge in [-0.05, 0) is 36.1 Å². The first-order valence-electron chi connectivity index (χ1n) is 9.38. The van der Waals surface area contributed by atoms with Gasteiger partial charge in [-0.2, -0.15) is 0 Å². The number of amides is 2. The number of likely N-dealkylation sites (N-methyl/N-ethyl adjacent to an activating group) is 1. The molecule has 0 bridgehead atoms. The van der Waals surface area contributed by atoms with Gasteiger partial charge in [0.05, 0.1) is 6.54 Å².